The molecule has 0 aromatic rings. The number of carbonyl (C=O) groups excluding carboxylic acids is 1. The Balaban J connectivity index is 0.00000102. The molecular formula is C24H49NO3. The molecule has 0 spiro atoms. The van der Waals surface area contributed by atoms with Gasteiger partial charge in [0, 0.05) is 6.42 Å². The van der Waals surface area contributed by atoms with E-state index in [1.807, 2.05) is 0 Å². The summed E-state index contributed by atoms with van der Waals surface area (Å²) in [6, 6.07) is 0. The maximum Gasteiger partial charge on any atom is 0.277 e. The average Bonchev–Trinajstić information content (AvgIpc) is 2.70. The lowest BCUT2D eigenvalue weighted by atomic mass is 10.0. The van der Waals surface area contributed by atoms with E-state index < -0.39 is 11.7 Å². The lowest BCUT2D eigenvalue weighted by Gasteiger charge is -2.16. The summed E-state index contributed by atoms with van der Waals surface area (Å²) in [6.07, 6.45) is 26.4. The van der Waals surface area contributed by atoms with Gasteiger partial charge in [-0.25, -0.2) is 0 Å². The topological polar surface area (TPSA) is 83.6 Å². The van der Waals surface area contributed by atoms with Gasteiger partial charge in [0.05, 0.1) is 0 Å². The smallest absolute Gasteiger partial charge is 0.277 e. The van der Waals surface area contributed by atoms with Crippen molar-refractivity contribution in [1.82, 2.24) is 0 Å². The second kappa shape index (κ2) is 19.7. The van der Waals surface area contributed by atoms with E-state index in [1.165, 1.54) is 109 Å². The molecule has 1 rings (SSSR count). The van der Waals surface area contributed by atoms with Gasteiger partial charge in [-0.15, -0.1) is 0 Å². The standard InChI is InChI=1S/C18H37NO3.C6H12/c1-2-3-4-5-6-7-8-9-10-11-12-13-14-15-16-18(21,22)17(19)20;1-2-4-6-5-3-1/h21-22H,2-16H2,1H3,(H2,19,20);1-6H2. The molecule has 0 heterocycles. The van der Waals surface area contributed by atoms with Gasteiger partial charge in [-0.05, 0) is 6.42 Å². The van der Waals surface area contributed by atoms with Gasteiger partial charge in [0.1, 0.15) is 0 Å². The number of carbonyl (C=O) groups is 1. The average molecular weight is 400 g/mol. The summed E-state index contributed by atoms with van der Waals surface area (Å²) in [6.45, 7) is 2.25. The van der Waals surface area contributed by atoms with Gasteiger partial charge in [0.25, 0.3) is 5.91 Å². The lowest BCUT2D eigenvalue weighted by molar-refractivity contribution is -0.184. The molecular weight excluding hydrogens is 350 g/mol. The van der Waals surface area contributed by atoms with Crippen molar-refractivity contribution in [2.24, 2.45) is 5.73 Å². The molecule has 1 aliphatic carbocycles. The number of unbranched alkanes of at least 4 members (excludes halogenated alkanes) is 13. The van der Waals surface area contributed by atoms with Crippen molar-refractivity contribution in [3.05, 3.63) is 0 Å². The first-order valence-corrected chi connectivity index (χ1v) is 12.3. The third kappa shape index (κ3) is 18.7. The van der Waals surface area contributed by atoms with Gasteiger partial charge in [-0.2, -0.15) is 0 Å². The van der Waals surface area contributed by atoms with E-state index in [2.05, 4.69) is 6.92 Å². The van der Waals surface area contributed by atoms with Crippen molar-refractivity contribution >= 4 is 5.91 Å². The monoisotopic (exact) mass is 399 g/mol. The van der Waals surface area contributed by atoms with E-state index in [-0.39, 0.29) is 6.42 Å². The first kappa shape index (κ1) is 27.4. The SMILES string of the molecule is C1CCCCC1.CCCCCCCCCCCCCCCCC(O)(O)C(N)=O. The Kier molecular flexibility index (Phi) is 19.3. The van der Waals surface area contributed by atoms with Crippen molar-refractivity contribution in [3.63, 3.8) is 0 Å². The molecule has 168 valence electrons. The fraction of sp³-hybridized carbons (Fsp3) is 0.958. The Morgan fingerprint density at radius 2 is 0.929 bits per heavy atom. The number of aliphatic hydroxyl groups is 2. The van der Waals surface area contributed by atoms with Crippen LogP contribution in [0.2, 0.25) is 0 Å². The molecule has 0 aromatic heterocycles. The van der Waals surface area contributed by atoms with Crippen molar-refractivity contribution < 1.29 is 15.0 Å². The Labute approximate surface area is 174 Å². The highest BCUT2D eigenvalue weighted by Gasteiger charge is 2.29. The van der Waals surface area contributed by atoms with Crippen LogP contribution in [0.5, 0.6) is 0 Å². The number of hydrogen-bond donors (Lipinski definition) is 3. The predicted octanol–water partition coefficient (Wildman–Crippen LogP) is 6.36. The first-order chi connectivity index (χ1) is 13.5. The summed E-state index contributed by atoms with van der Waals surface area (Å²) in [5.41, 5.74) is 4.89. The van der Waals surface area contributed by atoms with Crippen LogP contribution < -0.4 is 5.73 Å². The van der Waals surface area contributed by atoms with E-state index in [0.717, 1.165) is 12.8 Å². The fourth-order valence-corrected chi connectivity index (χ4v) is 3.75. The van der Waals surface area contributed by atoms with Crippen molar-refractivity contribution in [2.75, 3.05) is 0 Å². The second-order valence-corrected chi connectivity index (χ2v) is 8.65. The molecule has 1 aliphatic rings. The highest BCUT2D eigenvalue weighted by molar-refractivity contribution is 5.81. The molecule has 0 aromatic carbocycles. The summed E-state index contributed by atoms with van der Waals surface area (Å²) >= 11 is 0. The highest BCUT2D eigenvalue weighted by atomic mass is 16.5. The van der Waals surface area contributed by atoms with Crippen LogP contribution in [-0.2, 0) is 4.79 Å². The summed E-state index contributed by atoms with van der Waals surface area (Å²) in [5, 5.41) is 18.5. The third-order valence-electron chi connectivity index (χ3n) is 5.77. The van der Waals surface area contributed by atoms with Crippen molar-refractivity contribution in [3.8, 4) is 0 Å². The van der Waals surface area contributed by atoms with Crippen LogP contribution in [0.4, 0.5) is 0 Å². The van der Waals surface area contributed by atoms with E-state index in [1.54, 1.807) is 0 Å². The Morgan fingerprint density at radius 1 is 0.643 bits per heavy atom. The zero-order valence-electron chi connectivity index (χ0n) is 18.7. The second-order valence-electron chi connectivity index (χ2n) is 8.65. The van der Waals surface area contributed by atoms with Gasteiger partial charge in [-0.1, -0.05) is 129 Å². The van der Waals surface area contributed by atoms with Gasteiger partial charge < -0.3 is 15.9 Å². The molecule has 1 amide bonds. The number of amides is 1. The number of primary amides is 1. The molecule has 0 radical (unpaired) electrons. The molecule has 1 fully saturated rings. The van der Waals surface area contributed by atoms with Crippen molar-refractivity contribution in [1.29, 1.82) is 0 Å². The quantitative estimate of drug-likeness (QED) is 0.208. The van der Waals surface area contributed by atoms with Crippen LogP contribution in [-0.4, -0.2) is 21.9 Å². The summed E-state index contributed by atoms with van der Waals surface area (Å²) in [7, 11) is 0. The molecule has 0 unspecified atom stereocenters. The lowest BCUT2D eigenvalue weighted by Crippen LogP contribution is -2.43. The molecule has 0 atom stereocenters. The van der Waals surface area contributed by atoms with Gasteiger partial charge >= 0.3 is 0 Å². The van der Waals surface area contributed by atoms with E-state index in [4.69, 9.17) is 5.73 Å². The molecule has 28 heavy (non-hydrogen) atoms. The van der Waals surface area contributed by atoms with E-state index in [0.29, 0.717) is 6.42 Å². The molecule has 1 saturated carbocycles. The first-order valence-electron chi connectivity index (χ1n) is 12.3. The summed E-state index contributed by atoms with van der Waals surface area (Å²) in [4.78, 5) is 10.7. The molecule has 0 aliphatic heterocycles. The van der Waals surface area contributed by atoms with E-state index >= 15 is 0 Å². The molecule has 4 heteroatoms. The molecule has 4 nitrogen and oxygen atoms in total. The van der Waals surface area contributed by atoms with Crippen LogP contribution in [0, 0.1) is 0 Å². The molecule has 0 saturated heterocycles. The van der Waals surface area contributed by atoms with Gasteiger partial charge in [0.2, 0.25) is 5.79 Å². The molecule has 0 bridgehead atoms. The largest absolute Gasteiger partial charge is 0.365 e. The number of nitrogens with two attached hydrogens (primary N) is 1. The highest BCUT2D eigenvalue weighted by Crippen LogP contribution is 2.16. The van der Waals surface area contributed by atoms with Crippen LogP contribution in [0.1, 0.15) is 142 Å². The summed E-state index contributed by atoms with van der Waals surface area (Å²) in [5.74, 6) is -3.38. The van der Waals surface area contributed by atoms with E-state index in [9.17, 15) is 15.0 Å². The predicted molar refractivity (Wildman–Crippen MR) is 119 cm³/mol. The van der Waals surface area contributed by atoms with Crippen LogP contribution in [0.15, 0.2) is 0 Å². The fourth-order valence-electron chi connectivity index (χ4n) is 3.75. The number of rotatable bonds is 16. The zero-order chi connectivity index (χ0) is 20.9. The summed E-state index contributed by atoms with van der Waals surface area (Å²) < 4.78 is 0. The maximum absolute atomic E-state index is 10.7. The molecule has 4 N–H and O–H groups in total. The normalized spacial score (nSPS) is 14.4. The zero-order valence-corrected chi connectivity index (χ0v) is 18.7. The van der Waals surface area contributed by atoms with Gasteiger partial charge in [-0.3, -0.25) is 4.79 Å². The minimum atomic E-state index is -2.32. The van der Waals surface area contributed by atoms with Gasteiger partial charge in [0.15, 0.2) is 0 Å². The minimum Gasteiger partial charge on any atom is -0.365 e. The maximum atomic E-state index is 10.7. The third-order valence-corrected chi connectivity index (χ3v) is 5.77. The van der Waals surface area contributed by atoms with Crippen LogP contribution in [0.25, 0.3) is 0 Å². The minimum absolute atomic E-state index is 0.0420. The van der Waals surface area contributed by atoms with Crippen molar-refractivity contribution in [2.45, 2.75) is 148 Å². The number of hydrogen-bond acceptors (Lipinski definition) is 3. The van der Waals surface area contributed by atoms with Crippen LogP contribution in [0.3, 0.4) is 0 Å². The Bertz CT molecular complexity index is 329. The Hall–Kier alpha value is -0.610. The Morgan fingerprint density at radius 3 is 1.21 bits per heavy atom. The van der Waals surface area contributed by atoms with Crippen LogP contribution >= 0.6 is 0 Å².